The first-order valence-electron chi connectivity index (χ1n) is 12.5. The van der Waals surface area contributed by atoms with Crippen molar-refractivity contribution < 1.29 is 0 Å². The van der Waals surface area contributed by atoms with Gasteiger partial charge in [0.25, 0.3) is 5.56 Å². The van der Waals surface area contributed by atoms with E-state index in [9.17, 15) is 4.79 Å². The van der Waals surface area contributed by atoms with E-state index in [1.807, 2.05) is 54.7 Å². The molecule has 1 aliphatic heterocycles. The van der Waals surface area contributed by atoms with E-state index in [4.69, 9.17) is 21.6 Å². The maximum absolute atomic E-state index is 14.0. The molecule has 1 N–H and O–H groups in total. The smallest absolute Gasteiger partial charge is 0.267 e. The Morgan fingerprint density at radius 3 is 2.72 bits per heavy atom. The van der Waals surface area contributed by atoms with Crippen molar-refractivity contribution in [1.29, 1.82) is 0 Å². The van der Waals surface area contributed by atoms with Crippen molar-refractivity contribution in [2.75, 3.05) is 4.90 Å². The number of rotatable bonds is 3. The molecule has 2 aromatic carbocycles. The van der Waals surface area contributed by atoms with Crippen molar-refractivity contribution in [2.24, 2.45) is 5.92 Å². The van der Waals surface area contributed by atoms with E-state index in [-0.39, 0.29) is 11.6 Å². The SMILES string of the molecule is O=c1c2c(Cl)cccc2nc([C@@H]2C[C@@H]3CCCC[C@@H]3N2c2ncnc3[nH]ccc23)n1-c1ccccc1. The first kappa shape index (κ1) is 21.6. The van der Waals surface area contributed by atoms with Crippen LogP contribution < -0.4 is 10.5 Å². The summed E-state index contributed by atoms with van der Waals surface area (Å²) in [4.78, 5) is 34.1. The Kier molecular flexibility index (Phi) is 5.06. The fourth-order valence-electron chi connectivity index (χ4n) is 6.32. The summed E-state index contributed by atoms with van der Waals surface area (Å²) >= 11 is 6.53. The third-order valence-corrected chi connectivity index (χ3v) is 8.17. The van der Waals surface area contributed by atoms with Crippen molar-refractivity contribution in [3.05, 3.63) is 88.3 Å². The van der Waals surface area contributed by atoms with Crippen LogP contribution in [0, 0.1) is 5.92 Å². The van der Waals surface area contributed by atoms with Crippen molar-refractivity contribution in [3.8, 4) is 5.69 Å². The second-order valence-electron chi connectivity index (χ2n) is 9.79. The minimum absolute atomic E-state index is 0.109. The molecular formula is C28H25ClN6O. The van der Waals surface area contributed by atoms with Crippen LogP contribution in [-0.4, -0.2) is 30.5 Å². The number of anilines is 1. The molecule has 0 spiro atoms. The highest BCUT2D eigenvalue weighted by atomic mass is 35.5. The van der Waals surface area contributed by atoms with Gasteiger partial charge in [-0.2, -0.15) is 0 Å². The molecule has 0 unspecified atom stereocenters. The van der Waals surface area contributed by atoms with Crippen LogP contribution in [0.5, 0.6) is 0 Å². The van der Waals surface area contributed by atoms with Crippen LogP contribution in [0.1, 0.15) is 44.0 Å². The van der Waals surface area contributed by atoms with Crippen molar-refractivity contribution in [3.63, 3.8) is 0 Å². The third kappa shape index (κ3) is 3.26. The van der Waals surface area contributed by atoms with Gasteiger partial charge in [0.2, 0.25) is 0 Å². The molecule has 4 heterocycles. The molecule has 2 aliphatic rings. The minimum Gasteiger partial charge on any atom is -0.346 e. The number of halogens is 1. The van der Waals surface area contributed by atoms with E-state index in [1.54, 1.807) is 17.0 Å². The molecule has 8 heteroatoms. The molecule has 0 radical (unpaired) electrons. The summed E-state index contributed by atoms with van der Waals surface area (Å²) in [5, 5.41) is 1.86. The van der Waals surface area contributed by atoms with Gasteiger partial charge in [-0.25, -0.2) is 15.0 Å². The molecule has 7 rings (SSSR count). The average molecular weight is 497 g/mol. The number of fused-ring (bicyclic) bond motifs is 3. The molecule has 36 heavy (non-hydrogen) atoms. The Labute approximate surface area is 212 Å². The fraction of sp³-hybridized carbons (Fsp3) is 0.286. The first-order chi connectivity index (χ1) is 17.7. The van der Waals surface area contributed by atoms with Crippen molar-refractivity contribution >= 4 is 39.4 Å². The quantitative estimate of drug-likeness (QED) is 0.340. The van der Waals surface area contributed by atoms with Crippen LogP contribution in [0.25, 0.3) is 27.6 Å². The van der Waals surface area contributed by atoms with Gasteiger partial charge in [0.1, 0.15) is 23.6 Å². The van der Waals surface area contributed by atoms with E-state index in [1.165, 1.54) is 19.3 Å². The highest BCUT2D eigenvalue weighted by molar-refractivity contribution is 6.35. The van der Waals surface area contributed by atoms with Gasteiger partial charge >= 0.3 is 0 Å². The van der Waals surface area contributed by atoms with Crippen molar-refractivity contribution in [2.45, 2.75) is 44.2 Å². The average Bonchev–Trinajstić information content (AvgIpc) is 3.54. The van der Waals surface area contributed by atoms with Crippen LogP contribution in [0.2, 0.25) is 5.02 Å². The first-order valence-corrected chi connectivity index (χ1v) is 12.9. The highest BCUT2D eigenvalue weighted by Gasteiger charge is 2.46. The zero-order chi connectivity index (χ0) is 24.2. The molecule has 1 aliphatic carbocycles. The number of aromatic nitrogens is 5. The Bertz CT molecular complexity index is 1650. The topological polar surface area (TPSA) is 79.7 Å². The molecular weight excluding hydrogens is 472 g/mol. The largest absolute Gasteiger partial charge is 0.346 e. The molecule has 3 atom stereocenters. The molecule has 5 aromatic rings. The Morgan fingerprint density at radius 2 is 1.83 bits per heavy atom. The summed E-state index contributed by atoms with van der Waals surface area (Å²) in [6.07, 6.45) is 9.16. The van der Waals surface area contributed by atoms with Crippen molar-refractivity contribution in [1.82, 2.24) is 24.5 Å². The maximum atomic E-state index is 14.0. The monoisotopic (exact) mass is 496 g/mol. The number of aromatic amines is 1. The molecule has 1 saturated heterocycles. The summed E-state index contributed by atoms with van der Waals surface area (Å²) in [5.41, 5.74) is 2.09. The van der Waals surface area contributed by atoms with Crippen LogP contribution in [0.15, 0.2) is 71.9 Å². The molecule has 180 valence electrons. The summed E-state index contributed by atoms with van der Waals surface area (Å²) in [6, 6.07) is 17.5. The van der Waals surface area contributed by atoms with Gasteiger partial charge in [-0.3, -0.25) is 9.36 Å². The zero-order valence-electron chi connectivity index (χ0n) is 19.6. The third-order valence-electron chi connectivity index (χ3n) is 7.85. The highest BCUT2D eigenvalue weighted by Crippen LogP contribution is 2.49. The lowest BCUT2D eigenvalue weighted by Crippen LogP contribution is -2.38. The normalized spacial score (nSPS) is 21.8. The molecule has 0 amide bonds. The fourth-order valence-corrected chi connectivity index (χ4v) is 6.57. The van der Waals surface area contributed by atoms with E-state index in [0.29, 0.717) is 27.9 Å². The summed E-state index contributed by atoms with van der Waals surface area (Å²) in [7, 11) is 0. The number of hydrogen-bond donors (Lipinski definition) is 1. The lowest BCUT2D eigenvalue weighted by atomic mass is 9.84. The number of benzene rings is 2. The Morgan fingerprint density at radius 1 is 0.972 bits per heavy atom. The summed E-state index contributed by atoms with van der Waals surface area (Å²) in [6.45, 7) is 0. The Hall–Kier alpha value is -3.71. The standard InChI is InChI=1S/C28H25ClN6O/c29-20-10-6-11-21-24(20)28(36)34(18-8-2-1-3-9-18)27(33-21)23-15-17-7-4-5-12-22(17)35(23)26-19-13-14-30-25(19)31-16-32-26/h1-3,6,8-11,13-14,16-17,22-23H,4-5,7,12,15H2,(H,30,31,32)/t17-,22-,23-/m0/s1. The van der Waals surface area contributed by atoms with E-state index >= 15 is 0 Å². The number of nitrogens with zero attached hydrogens (tertiary/aromatic N) is 5. The van der Waals surface area contributed by atoms with Crippen LogP contribution in [-0.2, 0) is 0 Å². The maximum Gasteiger partial charge on any atom is 0.267 e. The van der Waals surface area contributed by atoms with Gasteiger partial charge < -0.3 is 9.88 Å². The predicted octanol–water partition coefficient (Wildman–Crippen LogP) is 5.82. The van der Waals surface area contributed by atoms with E-state index in [2.05, 4.69) is 14.9 Å². The number of H-pyrrole nitrogens is 1. The lowest BCUT2D eigenvalue weighted by Gasteiger charge is -2.35. The second-order valence-corrected chi connectivity index (χ2v) is 10.2. The molecule has 1 saturated carbocycles. The summed E-state index contributed by atoms with van der Waals surface area (Å²) < 4.78 is 1.76. The number of hydrogen-bond acceptors (Lipinski definition) is 5. The van der Waals surface area contributed by atoms with E-state index < -0.39 is 0 Å². The van der Waals surface area contributed by atoms with Crippen LogP contribution in [0.4, 0.5) is 5.82 Å². The van der Waals surface area contributed by atoms with Gasteiger partial charge in [-0.1, -0.05) is 48.7 Å². The molecule has 3 aromatic heterocycles. The molecule has 7 nitrogen and oxygen atoms in total. The predicted molar refractivity (Wildman–Crippen MR) is 142 cm³/mol. The molecule has 0 bridgehead atoms. The lowest BCUT2D eigenvalue weighted by molar-refractivity contribution is 0.341. The minimum atomic E-state index is -0.142. The van der Waals surface area contributed by atoms with Gasteiger partial charge in [0, 0.05) is 12.2 Å². The molecule has 2 fully saturated rings. The van der Waals surface area contributed by atoms with Crippen LogP contribution >= 0.6 is 11.6 Å². The van der Waals surface area contributed by atoms with Gasteiger partial charge in [-0.15, -0.1) is 0 Å². The van der Waals surface area contributed by atoms with Crippen LogP contribution in [0.3, 0.4) is 0 Å². The number of para-hydroxylation sites is 1. The number of nitrogens with one attached hydrogen (secondary N) is 1. The van der Waals surface area contributed by atoms with E-state index in [0.717, 1.165) is 41.2 Å². The van der Waals surface area contributed by atoms with Gasteiger partial charge in [0.05, 0.1) is 33.0 Å². The second kappa shape index (κ2) is 8.45. The Balaban J connectivity index is 1.51. The zero-order valence-corrected chi connectivity index (χ0v) is 20.4. The summed E-state index contributed by atoms with van der Waals surface area (Å²) in [5.74, 6) is 2.15. The van der Waals surface area contributed by atoms with Gasteiger partial charge in [0.15, 0.2) is 0 Å². The van der Waals surface area contributed by atoms with Gasteiger partial charge in [-0.05, 0) is 55.5 Å².